The van der Waals surface area contributed by atoms with Crippen molar-refractivity contribution < 1.29 is 14.6 Å². The number of hydrogen-bond donors (Lipinski definition) is 2. The number of β-amino-alcohol motifs (C(OH)–C–C–N with tert-alkyl or cyclic N) is 1. The minimum Gasteiger partial charge on any atom is -0.488 e. The second-order valence-electron chi connectivity index (χ2n) is 5.26. The van der Waals surface area contributed by atoms with Gasteiger partial charge in [-0.3, -0.25) is 0 Å². The van der Waals surface area contributed by atoms with Gasteiger partial charge in [0.25, 0.3) is 0 Å². The molecule has 0 amide bonds. The number of aliphatic hydroxyl groups is 1. The van der Waals surface area contributed by atoms with Crippen molar-refractivity contribution in [2.45, 2.75) is 25.0 Å². The van der Waals surface area contributed by atoms with Gasteiger partial charge >= 0.3 is 0 Å². The lowest BCUT2D eigenvalue weighted by Gasteiger charge is -2.25. The molecule has 0 saturated carbocycles. The van der Waals surface area contributed by atoms with E-state index in [9.17, 15) is 5.11 Å². The molecule has 20 heavy (non-hydrogen) atoms. The second-order valence-corrected chi connectivity index (χ2v) is 6.07. The first-order chi connectivity index (χ1) is 9.50. The summed E-state index contributed by atoms with van der Waals surface area (Å²) in [4.78, 5) is 0. The predicted molar refractivity (Wildman–Crippen MR) is 79.8 cm³/mol. The Kier molecular flexibility index (Phi) is 5.52. The van der Waals surface area contributed by atoms with Crippen molar-refractivity contribution in [1.29, 1.82) is 0 Å². The quantitative estimate of drug-likeness (QED) is 0.846. The number of ether oxygens (including phenoxy) is 2. The van der Waals surface area contributed by atoms with Gasteiger partial charge in [0.05, 0.1) is 16.7 Å². The number of benzene rings is 1. The molecule has 112 valence electrons. The fourth-order valence-corrected chi connectivity index (χ4v) is 2.54. The first-order valence-electron chi connectivity index (χ1n) is 6.58. The van der Waals surface area contributed by atoms with E-state index in [0.717, 1.165) is 13.0 Å². The molecule has 0 spiro atoms. The van der Waals surface area contributed by atoms with Gasteiger partial charge in [-0.2, -0.15) is 0 Å². The summed E-state index contributed by atoms with van der Waals surface area (Å²) in [5, 5.41) is 14.1. The summed E-state index contributed by atoms with van der Waals surface area (Å²) in [6.45, 7) is 4.07. The summed E-state index contributed by atoms with van der Waals surface area (Å²) in [6, 6.07) is 5.14. The zero-order valence-electron chi connectivity index (χ0n) is 11.4. The summed E-state index contributed by atoms with van der Waals surface area (Å²) in [7, 11) is 0. The van der Waals surface area contributed by atoms with Crippen LogP contribution in [0.25, 0.3) is 0 Å². The number of aliphatic hydroxyl groups excluding tert-OH is 1. The van der Waals surface area contributed by atoms with E-state index in [1.54, 1.807) is 18.2 Å². The summed E-state index contributed by atoms with van der Waals surface area (Å²) in [5.74, 6) is 0.408. The fraction of sp³-hybridized carbons (Fsp3) is 0.571. The summed E-state index contributed by atoms with van der Waals surface area (Å²) in [5.41, 5.74) is -0.0665. The molecule has 1 aromatic carbocycles. The van der Waals surface area contributed by atoms with E-state index in [1.165, 1.54) is 0 Å². The summed E-state index contributed by atoms with van der Waals surface area (Å²) in [6.07, 6.45) is 0.302. The van der Waals surface area contributed by atoms with Gasteiger partial charge in [-0.15, -0.1) is 0 Å². The molecule has 2 N–H and O–H groups in total. The molecular weight excluding hydrogens is 301 g/mol. The van der Waals surface area contributed by atoms with E-state index in [1.807, 2.05) is 0 Å². The van der Waals surface area contributed by atoms with Gasteiger partial charge in [-0.05, 0) is 25.5 Å². The Morgan fingerprint density at radius 3 is 2.75 bits per heavy atom. The smallest absolute Gasteiger partial charge is 0.156 e. The maximum atomic E-state index is 9.95. The van der Waals surface area contributed by atoms with Crippen LogP contribution in [0.4, 0.5) is 0 Å². The number of rotatable bonds is 6. The molecule has 1 fully saturated rings. The number of para-hydroxylation sites is 1. The minimum absolute atomic E-state index is 0.0665. The molecule has 1 saturated heterocycles. The van der Waals surface area contributed by atoms with Crippen LogP contribution in [0.3, 0.4) is 0 Å². The van der Waals surface area contributed by atoms with Crippen molar-refractivity contribution in [3.8, 4) is 5.75 Å². The van der Waals surface area contributed by atoms with E-state index in [4.69, 9.17) is 32.7 Å². The van der Waals surface area contributed by atoms with Crippen LogP contribution in [0, 0.1) is 0 Å². The van der Waals surface area contributed by atoms with Gasteiger partial charge in [0, 0.05) is 18.7 Å². The Balaban J connectivity index is 1.79. The van der Waals surface area contributed by atoms with Crippen LogP contribution in [0.2, 0.25) is 10.0 Å². The summed E-state index contributed by atoms with van der Waals surface area (Å²) < 4.78 is 10.8. The molecule has 0 aromatic heterocycles. The lowest BCUT2D eigenvalue weighted by molar-refractivity contribution is 0.0945. The highest BCUT2D eigenvalue weighted by Gasteiger charge is 2.29. The Hall–Kier alpha value is -0.520. The average Bonchev–Trinajstić information content (AvgIpc) is 2.83. The van der Waals surface area contributed by atoms with E-state index < -0.39 is 6.10 Å². The third-order valence-electron chi connectivity index (χ3n) is 3.32. The van der Waals surface area contributed by atoms with Crippen LogP contribution in [-0.2, 0) is 4.74 Å². The van der Waals surface area contributed by atoms with Crippen molar-refractivity contribution >= 4 is 23.2 Å². The maximum Gasteiger partial charge on any atom is 0.156 e. The van der Waals surface area contributed by atoms with Gasteiger partial charge in [0.1, 0.15) is 12.7 Å². The molecule has 0 aliphatic carbocycles. The average molecular weight is 320 g/mol. The SMILES string of the molecule is CC1(NCC(O)COc2c(Cl)cccc2Cl)CCOC1. The van der Waals surface area contributed by atoms with E-state index in [0.29, 0.717) is 28.9 Å². The highest BCUT2D eigenvalue weighted by molar-refractivity contribution is 6.37. The molecule has 4 nitrogen and oxygen atoms in total. The normalized spacial score (nSPS) is 23.8. The second kappa shape index (κ2) is 6.96. The molecule has 1 heterocycles. The third kappa shape index (κ3) is 4.24. The standard InChI is InChI=1S/C14H19Cl2NO3/c1-14(5-6-19-9-14)17-7-10(18)8-20-13-11(15)3-2-4-12(13)16/h2-4,10,17-18H,5-9H2,1H3. The lowest BCUT2D eigenvalue weighted by Crippen LogP contribution is -2.47. The highest BCUT2D eigenvalue weighted by atomic mass is 35.5. The molecule has 1 aliphatic heterocycles. The molecule has 2 rings (SSSR count). The van der Waals surface area contributed by atoms with Crippen LogP contribution in [-0.4, -0.2) is 43.1 Å². The van der Waals surface area contributed by atoms with Gasteiger partial charge in [0.15, 0.2) is 5.75 Å². The van der Waals surface area contributed by atoms with Crippen LogP contribution >= 0.6 is 23.2 Å². The van der Waals surface area contributed by atoms with Crippen LogP contribution < -0.4 is 10.1 Å². The Morgan fingerprint density at radius 2 is 2.15 bits per heavy atom. The predicted octanol–water partition coefficient (Wildman–Crippen LogP) is 2.50. The zero-order valence-corrected chi connectivity index (χ0v) is 12.9. The van der Waals surface area contributed by atoms with Crippen LogP contribution in [0.15, 0.2) is 18.2 Å². The molecule has 0 radical (unpaired) electrons. The lowest BCUT2D eigenvalue weighted by atomic mass is 10.0. The van der Waals surface area contributed by atoms with E-state index in [-0.39, 0.29) is 12.1 Å². The molecule has 2 atom stereocenters. The van der Waals surface area contributed by atoms with Crippen molar-refractivity contribution in [3.05, 3.63) is 28.2 Å². The Bertz CT molecular complexity index is 430. The molecule has 6 heteroatoms. The van der Waals surface area contributed by atoms with E-state index in [2.05, 4.69) is 12.2 Å². The first kappa shape index (κ1) is 15.9. The van der Waals surface area contributed by atoms with Crippen molar-refractivity contribution in [2.75, 3.05) is 26.4 Å². The number of nitrogens with one attached hydrogen (secondary N) is 1. The van der Waals surface area contributed by atoms with Crippen LogP contribution in [0.5, 0.6) is 5.75 Å². The first-order valence-corrected chi connectivity index (χ1v) is 7.33. The van der Waals surface area contributed by atoms with Crippen molar-refractivity contribution in [1.82, 2.24) is 5.32 Å². The maximum absolute atomic E-state index is 9.95. The van der Waals surface area contributed by atoms with Crippen LogP contribution in [0.1, 0.15) is 13.3 Å². The molecular formula is C14H19Cl2NO3. The Morgan fingerprint density at radius 1 is 1.45 bits per heavy atom. The summed E-state index contributed by atoms with van der Waals surface area (Å²) >= 11 is 12.0. The third-order valence-corrected chi connectivity index (χ3v) is 3.92. The van der Waals surface area contributed by atoms with Crippen molar-refractivity contribution in [2.24, 2.45) is 0 Å². The number of hydrogen-bond acceptors (Lipinski definition) is 4. The van der Waals surface area contributed by atoms with Gasteiger partial charge in [-0.1, -0.05) is 29.3 Å². The minimum atomic E-state index is -0.639. The fourth-order valence-electron chi connectivity index (χ4n) is 2.03. The Labute approximate surface area is 129 Å². The van der Waals surface area contributed by atoms with Gasteiger partial charge in [-0.25, -0.2) is 0 Å². The molecule has 0 bridgehead atoms. The topological polar surface area (TPSA) is 50.7 Å². The zero-order chi connectivity index (χ0) is 14.6. The van der Waals surface area contributed by atoms with Gasteiger partial charge < -0.3 is 19.9 Å². The number of halogens is 2. The highest BCUT2D eigenvalue weighted by Crippen LogP contribution is 2.32. The molecule has 1 aliphatic rings. The monoisotopic (exact) mass is 319 g/mol. The van der Waals surface area contributed by atoms with Gasteiger partial charge in [0.2, 0.25) is 0 Å². The largest absolute Gasteiger partial charge is 0.488 e. The molecule has 2 unspecified atom stereocenters. The van der Waals surface area contributed by atoms with E-state index >= 15 is 0 Å². The molecule has 1 aromatic rings. The van der Waals surface area contributed by atoms with Crippen molar-refractivity contribution in [3.63, 3.8) is 0 Å².